The van der Waals surface area contributed by atoms with Gasteiger partial charge in [-0.1, -0.05) is 37.0 Å². The van der Waals surface area contributed by atoms with Crippen molar-refractivity contribution >= 4 is 8.07 Å². The molecule has 2 aliphatic heterocycles. The lowest BCUT2D eigenvalue weighted by atomic mass is 10.5. The molecule has 0 aliphatic carbocycles. The summed E-state index contributed by atoms with van der Waals surface area (Å²) in [5.41, 5.74) is 0. The molecule has 0 aromatic rings. The molecule has 0 atom stereocenters. The highest BCUT2D eigenvalue weighted by Gasteiger charge is 2.43. The molecular formula is C6H12Si. The topological polar surface area (TPSA) is 0 Å². The lowest BCUT2D eigenvalue weighted by Gasteiger charge is -2.47. The van der Waals surface area contributed by atoms with Crippen molar-refractivity contribution in [3.05, 3.63) is 0 Å². The van der Waals surface area contributed by atoms with E-state index in [0.717, 1.165) is 0 Å². The Morgan fingerprint density at radius 3 is 1.14 bits per heavy atom. The van der Waals surface area contributed by atoms with E-state index in [9.17, 15) is 0 Å². The second kappa shape index (κ2) is 1.13. The van der Waals surface area contributed by atoms with Gasteiger partial charge in [0, 0.05) is 0 Å². The Morgan fingerprint density at radius 1 is 0.714 bits per heavy atom. The van der Waals surface area contributed by atoms with Crippen molar-refractivity contribution in [1.29, 1.82) is 0 Å². The summed E-state index contributed by atoms with van der Waals surface area (Å²) in [5, 5.41) is 0. The lowest BCUT2D eigenvalue weighted by Crippen LogP contribution is -2.47. The van der Waals surface area contributed by atoms with Crippen molar-refractivity contribution < 1.29 is 0 Å². The second-order valence-electron chi connectivity index (χ2n) is 3.21. The van der Waals surface area contributed by atoms with E-state index in [1.54, 1.807) is 37.0 Å². The van der Waals surface area contributed by atoms with Gasteiger partial charge in [-0.3, -0.25) is 0 Å². The van der Waals surface area contributed by atoms with E-state index in [1.807, 2.05) is 0 Å². The van der Waals surface area contributed by atoms with Crippen LogP contribution in [-0.4, -0.2) is 8.07 Å². The van der Waals surface area contributed by atoms with Crippen LogP contribution in [0, 0.1) is 0 Å². The summed E-state index contributed by atoms with van der Waals surface area (Å²) in [6.45, 7) is 0. The molecule has 2 saturated heterocycles. The zero-order valence-corrected chi connectivity index (χ0v) is 5.74. The largest absolute Gasteiger partial charge is 0.0580 e. The first-order valence-corrected chi connectivity index (χ1v) is 6.24. The third-order valence-corrected chi connectivity index (χ3v) is 8.49. The molecule has 2 rings (SSSR count). The fourth-order valence-electron chi connectivity index (χ4n) is 1.85. The van der Waals surface area contributed by atoms with Gasteiger partial charge in [0.1, 0.15) is 0 Å². The number of rotatable bonds is 0. The molecule has 0 radical (unpaired) electrons. The van der Waals surface area contributed by atoms with Crippen LogP contribution in [0.5, 0.6) is 0 Å². The molecule has 0 saturated carbocycles. The van der Waals surface area contributed by atoms with E-state index in [1.165, 1.54) is 0 Å². The zero-order valence-electron chi connectivity index (χ0n) is 4.74. The molecule has 0 amide bonds. The average molecular weight is 112 g/mol. The van der Waals surface area contributed by atoms with Gasteiger partial charge in [0.15, 0.2) is 0 Å². The molecule has 0 aromatic heterocycles. The fourth-order valence-corrected chi connectivity index (χ4v) is 5.56. The van der Waals surface area contributed by atoms with Crippen LogP contribution in [0.4, 0.5) is 0 Å². The van der Waals surface area contributed by atoms with Crippen LogP contribution in [0.2, 0.25) is 24.2 Å². The second-order valence-corrected chi connectivity index (χ2v) is 8.21. The van der Waals surface area contributed by atoms with Crippen LogP contribution in [0.1, 0.15) is 12.8 Å². The van der Waals surface area contributed by atoms with Crippen LogP contribution < -0.4 is 0 Å². The maximum absolute atomic E-state index is 1.70. The van der Waals surface area contributed by atoms with E-state index in [-0.39, 0.29) is 8.07 Å². The van der Waals surface area contributed by atoms with E-state index in [4.69, 9.17) is 0 Å². The van der Waals surface area contributed by atoms with Crippen LogP contribution in [0.3, 0.4) is 0 Å². The van der Waals surface area contributed by atoms with Gasteiger partial charge in [0.05, 0.1) is 8.07 Å². The summed E-state index contributed by atoms with van der Waals surface area (Å²) in [5.74, 6) is 0. The number of hydrogen-bond acceptors (Lipinski definition) is 0. The van der Waals surface area contributed by atoms with Gasteiger partial charge >= 0.3 is 0 Å². The summed E-state index contributed by atoms with van der Waals surface area (Å²) in [6.07, 6.45) is 3.18. The van der Waals surface area contributed by atoms with Crippen molar-refractivity contribution in [3.8, 4) is 0 Å². The minimum Gasteiger partial charge on any atom is -0.0580 e. The van der Waals surface area contributed by atoms with Gasteiger partial charge in [0.25, 0.3) is 0 Å². The summed E-state index contributed by atoms with van der Waals surface area (Å²) >= 11 is 0. The molecule has 2 aliphatic rings. The highest BCUT2D eigenvalue weighted by molar-refractivity contribution is 6.84. The predicted molar refractivity (Wildman–Crippen MR) is 34.2 cm³/mol. The molecule has 7 heavy (non-hydrogen) atoms. The molecule has 1 heteroatoms. The summed E-state index contributed by atoms with van der Waals surface area (Å²) in [6, 6.07) is 6.81. The predicted octanol–water partition coefficient (Wildman–Crippen LogP) is 2.24. The maximum atomic E-state index is 1.70. The first-order chi connectivity index (χ1) is 3.41. The molecule has 2 heterocycles. The monoisotopic (exact) mass is 112 g/mol. The third kappa shape index (κ3) is 0.420. The normalized spacial score (nSPS) is 34.3. The van der Waals surface area contributed by atoms with Crippen molar-refractivity contribution in [1.82, 2.24) is 0 Å². The Balaban J connectivity index is 2.00. The van der Waals surface area contributed by atoms with Gasteiger partial charge in [-0.05, 0) is 0 Å². The van der Waals surface area contributed by atoms with Crippen LogP contribution in [0.25, 0.3) is 0 Å². The third-order valence-electron chi connectivity index (χ3n) is 2.83. The quantitative estimate of drug-likeness (QED) is 0.422. The number of hydrogen-bond donors (Lipinski definition) is 0. The van der Waals surface area contributed by atoms with Gasteiger partial charge in [-0.15, -0.1) is 0 Å². The highest BCUT2D eigenvalue weighted by Crippen LogP contribution is 2.48. The summed E-state index contributed by atoms with van der Waals surface area (Å²) in [4.78, 5) is 0. The molecular weight excluding hydrogens is 100 g/mol. The Kier molecular flexibility index (Phi) is 0.669. The molecule has 1 spiro atoms. The van der Waals surface area contributed by atoms with Gasteiger partial charge in [-0.25, -0.2) is 0 Å². The first kappa shape index (κ1) is 4.13. The van der Waals surface area contributed by atoms with Crippen molar-refractivity contribution in [2.75, 3.05) is 0 Å². The Hall–Kier alpha value is 0.217. The molecule has 0 unspecified atom stereocenters. The van der Waals surface area contributed by atoms with E-state index >= 15 is 0 Å². The van der Waals surface area contributed by atoms with Crippen LogP contribution >= 0.6 is 0 Å². The standard InChI is InChI=1S/C6H12Si/c1-3-7(4-1)5-2-6-7/h1-6H2. The van der Waals surface area contributed by atoms with E-state index in [0.29, 0.717) is 0 Å². The molecule has 40 valence electrons. The average Bonchev–Trinajstić information content (AvgIpc) is 1.20. The SMILES string of the molecule is C1C[Si]2(C1)CCC2. The van der Waals surface area contributed by atoms with E-state index in [2.05, 4.69) is 0 Å². The highest BCUT2D eigenvalue weighted by atomic mass is 28.3. The van der Waals surface area contributed by atoms with Crippen molar-refractivity contribution in [2.45, 2.75) is 37.0 Å². The molecule has 0 N–H and O–H groups in total. The van der Waals surface area contributed by atoms with Gasteiger partial charge in [0.2, 0.25) is 0 Å². The Labute approximate surface area is 45.9 Å². The molecule has 0 aromatic carbocycles. The zero-order chi connectivity index (χ0) is 4.74. The molecule has 0 nitrogen and oxygen atoms in total. The van der Waals surface area contributed by atoms with Crippen LogP contribution in [0.15, 0.2) is 0 Å². The van der Waals surface area contributed by atoms with Gasteiger partial charge in [-0.2, -0.15) is 0 Å². The van der Waals surface area contributed by atoms with Gasteiger partial charge < -0.3 is 0 Å². The minimum absolute atomic E-state index is 0.290. The maximum Gasteiger partial charge on any atom is 0.0535 e. The van der Waals surface area contributed by atoms with Crippen LogP contribution in [-0.2, 0) is 0 Å². The molecule has 2 fully saturated rings. The van der Waals surface area contributed by atoms with Crippen molar-refractivity contribution in [3.63, 3.8) is 0 Å². The molecule has 0 bridgehead atoms. The van der Waals surface area contributed by atoms with E-state index < -0.39 is 0 Å². The lowest BCUT2D eigenvalue weighted by molar-refractivity contribution is 0.753. The Morgan fingerprint density at radius 2 is 1.14 bits per heavy atom. The fraction of sp³-hybridized carbons (Fsp3) is 1.00. The summed E-state index contributed by atoms with van der Waals surface area (Å²) in [7, 11) is -0.290. The smallest absolute Gasteiger partial charge is 0.0535 e. The Bertz CT molecular complexity index is 64.7. The summed E-state index contributed by atoms with van der Waals surface area (Å²) < 4.78 is 0. The first-order valence-electron chi connectivity index (χ1n) is 3.41. The van der Waals surface area contributed by atoms with Crippen molar-refractivity contribution in [2.24, 2.45) is 0 Å². The minimum atomic E-state index is -0.290.